The van der Waals surface area contributed by atoms with Gasteiger partial charge in [-0.1, -0.05) is 56.1 Å². The van der Waals surface area contributed by atoms with Gasteiger partial charge in [-0.05, 0) is 24.0 Å². The molecule has 0 radical (unpaired) electrons. The van der Waals surface area contributed by atoms with Gasteiger partial charge in [0.15, 0.2) is 0 Å². The van der Waals surface area contributed by atoms with Gasteiger partial charge in [-0.2, -0.15) is 0 Å². The minimum atomic E-state index is 0.721. The normalized spacial score (nSPS) is 10.9. The highest BCUT2D eigenvalue weighted by Gasteiger charge is 1.95. The van der Waals surface area contributed by atoms with Gasteiger partial charge in [-0.3, -0.25) is 0 Å². The maximum atomic E-state index is 5.21. The van der Waals surface area contributed by atoms with Crippen LogP contribution in [0.4, 0.5) is 0 Å². The molecule has 0 fully saturated rings. The van der Waals surface area contributed by atoms with Crippen molar-refractivity contribution in [2.75, 3.05) is 6.61 Å². The number of benzene rings is 1. The van der Waals surface area contributed by atoms with E-state index >= 15 is 0 Å². The van der Waals surface area contributed by atoms with E-state index in [1.807, 2.05) is 12.3 Å². The molecular formula is C14H21NO. The highest BCUT2D eigenvalue weighted by Crippen LogP contribution is 2.06. The second kappa shape index (κ2) is 7.91. The van der Waals surface area contributed by atoms with Gasteiger partial charge >= 0.3 is 0 Å². The minimum absolute atomic E-state index is 0.721. The van der Waals surface area contributed by atoms with E-state index in [9.17, 15) is 0 Å². The Labute approximate surface area is 98.3 Å². The first-order valence-electron chi connectivity index (χ1n) is 6.11. The lowest BCUT2D eigenvalue weighted by Gasteiger charge is -2.01. The minimum Gasteiger partial charge on any atom is -0.396 e. The standard InChI is InChI=1S/C14H21NO/c1-3-5-8-11-16-15-12-14-10-7-6-9-13(14)4-2/h6-7,9-10,12H,3-5,8,11H2,1-2H3. The lowest BCUT2D eigenvalue weighted by Crippen LogP contribution is -1.92. The third kappa shape index (κ3) is 4.47. The molecule has 0 saturated heterocycles. The van der Waals surface area contributed by atoms with Crippen molar-refractivity contribution in [3.8, 4) is 0 Å². The van der Waals surface area contributed by atoms with E-state index in [0.29, 0.717) is 0 Å². The summed E-state index contributed by atoms with van der Waals surface area (Å²) in [7, 11) is 0. The van der Waals surface area contributed by atoms with Crippen LogP contribution in [0.15, 0.2) is 29.4 Å². The van der Waals surface area contributed by atoms with E-state index in [1.165, 1.54) is 18.4 Å². The topological polar surface area (TPSA) is 21.6 Å². The van der Waals surface area contributed by atoms with Crippen molar-refractivity contribution >= 4 is 6.21 Å². The zero-order valence-electron chi connectivity index (χ0n) is 10.3. The van der Waals surface area contributed by atoms with Crippen LogP contribution in [0.3, 0.4) is 0 Å². The lowest BCUT2D eigenvalue weighted by molar-refractivity contribution is 0.141. The van der Waals surface area contributed by atoms with Crippen molar-refractivity contribution in [1.82, 2.24) is 0 Å². The summed E-state index contributed by atoms with van der Waals surface area (Å²) < 4.78 is 0. The molecule has 0 heterocycles. The second-order valence-corrected chi connectivity index (χ2v) is 3.83. The Morgan fingerprint density at radius 3 is 2.75 bits per heavy atom. The van der Waals surface area contributed by atoms with E-state index < -0.39 is 0 Å². The maximum Gasteiger partial charge on any atom is 0.117 e. The summed E-state index contributed by atoms with van der Waals surface area (Å²) in [6, 6.07) is 8.27. The van der Waals surface area contributed by atoms with Gasteiger partial charge in [0.1, 0.15) is 6.61 Å². The van der Waals surface area contributed by atoms with Crippen molar-refractivity contribution in [3.05, 3.63) is 35.4 Å². The fourth-order valence-corrected chi connectivity index (χ4v) is 1.55. The average Bonchev–Trinajstić information content (AvgIpc) is 2.34. The molecular weight excluding hydrogens is 198 g/mol. The molecule has 2 heteroatoms. The third-order valence-electron chi connectivity index (χ3n) is 2.54. The number of aryl methyl sites for hydroxylation is 1. The molecule has 0 bridgehead atoms. The molecule has 1 rings (SSSR count). The Morgan fingerprint density at radius 2 is 2.00 bits per heavy atom. The molecule has 88 valence electrons. The van der Waals surface area contributed by atoms with Crippen LogP contribution in [0, 0.1) is 0 Å². The molecule has 0 amide bonds. The van der Waals surface area contributed by atoms with Crippen LogP contribution in [0.25, 0.3) is 0 Å². The van der Waals surface area contributed by atoms with Gasteiger partial charge in [0, 0.05) is 0 Å². The molecule has 0 aliphatic carbocycles. The Hall–Kier alpha value is -1.31. The highest BCUT2D eigenvalue weighted by atomic mass is 16.6. The number of hydrogen-bond donors (Lipinski definition) is 0. The molecule has 0 atom stereocenters. The Bertz CT molecular complexity index is 320. The van der Waals surface area contributed by atoms with Crippen LogP contribution in [-0.2, 0) is 11.3 Å². The van der Waals surface area contributed by atoms with Crippen molar-refractivity contribution in [1.29, 1.82) is 0 Å². The van der Waals surface area contributed by atoms with Gasteiger partial charge in [0.2, 0.25) is 0 Å². The molecule has 0 saturated carbocycles. The number of nitrogens with zero attached hydrogens (tertiary/aromatic N) is 1. The molecule has 16 heavy (non-hydrogen) atoms. The summed E-state index contributed by atoms with van der Waals surface area (Å²) in [5.74, 6) is 0. The fourth-order valence-electron chi connectivity index (χ4n) is 1.55. The van der Waals surface area contributed by atoms with Crippen LogP contribution in [0.5, 0.6) is 0 Å². The average molecular weight is 219 g/mol. The van der Waals surface area contributed by atoms with Crippen LogP contribution < -0.4 is 0 Å². The van der Waals surface area contributed by atoms with Gasteiger partial charge < -0.3 is 4.84 Å². The van der Waals surface area contributed by atoms with Crippen LogP contribution >= 0.6 is 0 Å². The first-order chi connectivity index (χ1) is 7.88. The third-order valence-corrected chi connectivity index (χ3v) is 2.54. The van der Waals surface area contributed by atoms with E-state index in [2.05, 4.69) is 37.2 Å². The summed E-state index contributed by atoms with van der Waals surface area (Å²) in [5, 5.41) is 4.00. The molecule has 0 spiro atoms. The number of unbranched alkanes of at least 4 members (excludes halogenated alkanes) is 2. The fraction of sp³-hybridized carbons (Fsp3) is 0.500. The molecule has 1 aromatic carbocycles. The van der Waals surface area contributed by atoms with Crippen molar-refractivity contribution in [2.24, 2.45) is 5.16 Å². The zero-order chi connectivity index (χ0) is 11.6. The predicted molar refractivity (Wildman–Crippen MR) is 68.9 cm³/mol. The summed E-state index contributed by atoms with van der Waals surface area (Å²) >= 11 is 0. The molecule has 0 aliphatic rings. The largest absolute Gasteiger partial charge is 0.396 e. The van der Waals surface area contributed by atoms with Crippen LogP contribution in [0.2, 0.25) is 0 Å². The molecule has 0 aromatic heterocycles. The quantitative estimate of drug-likeness (QED) is 0.388. The lowest BCUT2D eigenvalue weighted by atomic mass is 10.1. The summed E-state index contributed by atoms with van der Waals surface area (Å²) in [5.41, 5.74) is 2.46. The molecule has 0 N–H and O–H groups in total. The molecule has 0 aliphatic heterocycles. The van der Waals surface area contributed by atoms with E-state index in [1.54, 1.807) is 0 Å². The van der Waals surface area contributed by atoms with Gasteiger partial charge in [0.05, 0.1) is 6.21 Å². The highest BCUT2D eigenvalue weighted by molar-refractivity contribution is 5.81. The molecule has 0 unspecified atom stereocenters. The Morgan fingerprint density at radius 1 is 1.19 bits per heavy atom. The molecule has 1 aromatic rings. The summed E-state index contributed by atoms with van der Waals surface area (Å²) in [4.78, 5) is 5.21. The number of rotatable bonds is 7. The van der Waals surface area contributed by atoms with Gasteiger partial charge in [0.25, 0.3) is 0 Å². The van der Waals surface area contributed by atoms with Gasteiger partial charge in [-0.15, -0.1) is 0 Å². The van der Waals surface area contributed by atoms with E-state index in [0.717, 1.165) is 25.0 Å². The summed E-state index contributed by atoms with van der Waals surface area (Å²) in [6.45, 7) is 5.05. The first kappa shape index (κ1) is 12.8. The number of oxime groups is 1. The predicted octanol–water partition coefficient (Wildman–Crippen LogP) is 3.79. The first-order valence-corrected chi connectivity index (χ1v) is 6.11. The molecule has 2 nitrogen and oxygen atoms in total. The van der Waals surface area contributed by atoms with Crippen molar-refractivity contribution in [2.45, 2.75) is 39.5 Å². The van der Waals surface area contributed by atoms with Crippen LogP contribution in [0.1, 0.15) is 44.2 Å². The van der Waals surface area contributed by atoms with E-state index in [4.69, 9.17) is 4.84 Å². The summed E-state index contributed by atoms with van der Waals surface area (Å²) in [6.07, 6.45) is 6.35. The van der Waals surface area contributed by atoms with Gasteiger partial charge in [-0.25, -0.2) is 0 Å². The zero-order valence-corrected chi connectivity index (χ0v) is 10.3. The maximum absolute atomic E-state index is 5.21. The van der Waals surface area contributed by atoms with Crippen molar-refractivity contribution in [3.63, 3.8) is 0 Å². The Balaban J connectivity index is 2.37. The van der Waals surface area contributed by atoms with Crippen molar-refractivity contribution < 1.29 is 4.84 Å². The second-order valence-electron chi connectivity index (χ2n) is 3.83. The smallest absolute Gasteiger partial charge is 0.117 e. The van der Waals surface area contributed by atoms with Crippen LogP contribution in [-0.4, -0.2) is 12.8 Å². The Kier molecular flexibility index (Phi) is 6.31. The monoisotopic (exact) mass is 219 g/mol. The van der Waals surface area contributed by atoms with E-state index in [-0.39, 0.29) is 0 Å². The SMILES string of the molecule is CCCCCON=Cc1ccccc1CC. The number of hydrogen-bond acceptors (Lipinski definition) is 2.